The smallest absolute Gasteiger partial charge is 0.352 e. The molecule has 2 aromatic heterocycles. The van der Waals surface area contributed by atoms with Gasteiger partial charge in [0, 0.05) is 18.4 Å². The molecule has 0 unspecified atom stereocenters. The van der Waals surface area contributed by atoms with E-state index in [1.807, 2.05) is 18.2 Å². The van der Waals surface area contributed by atoms with E-state index in [1.165, 1.54) is 10.6 Å². The highest BCUT2D eigenvalue weighted by Crippen LogP contribution is 1.98. The second-order valence-corrected chi connectivity index (χ2v) is 5.50. The lowest BCUT2D eigenvalue weighted by Crippen LogP contribution is -2.32. The third-order valence-electron chi connectivity index (χ3n) is 2.99. The lowest BCUT2D eigenvalue weighted by atomic mass is 10.3. The number of nitriles is 1. The van der Waals surface area contributed by atoms with Crippen LogP contribution < -0.4 is 14.8 Å². The molecule has 0 amide bonds. The Morgan fingerprint density at radius 2 is 2.39 bits per heavy atom. The number of H-pyrrole nitrogens is 1. The third kappa shape index (κ3) is 3.49. The van der Waals surface area contributed by atoms with Crippen LogP contribution in [-0.2, 0) is 16.1 Å². The molecule has 2 aromatic rings. The van der Waals surface area contributed by atoms with Gasteiger partial charge in [-0.3, -0.25) is 9.36 Å². The fourth-order valence-corrected chi connectivity index (χ4v) is 3.10. The Labute approximate surface area is 136 Å². The van der Waals surface area contributed by atoms with E-state index in [2.05, 4.69) is 11.6 Å². The number of carbonyl (C=O) groups is 1. The molecule has 0 aromatic carbocycles. The molecule has 0 aliphatic carbocycles. The largest absolute Gasteiger partial charge is 0.457 e. The van der Waals surface area contributed by atoms with Crippen LogP contribution >= 0.6 is 11.3 Å². The monoisotopic (exact) mass is 329 g/mol. The summed E-state index contributed by atoms with van der Waals surface area (Å²) in [6, 6.07) is 5.48. The highest BCUT2D eigenvalue weighted by molar-refractivity contribution is 7.07. The third-order valence-corrected chi connectivity index (χ3v) is 4.12. The van der Waals surface area contributed by atoms with Gasteiger partial charge in [-0.15, -0.1) is 11.3 Å². The molecule has 0 fully saturated rings. The SMILES string of the molecule is C=CCOC(=O)/C(C#N)=c1\s/c(=C/c2ccc[nH]2)c(=O)n1CC. The highest BCUT2D eigenvalue weighted by atomic mass is 32.1. The van der Waals surface area contributed by atoms with Crippen molar-refractivity contribution < 1.29 is 9.53 Å². The molecule has 0 aliphatic rings. The van der Waals surface area contributed by atoms with E-state index in [9.17, 15) is 14.9 Å². The van der Waals surface area contributed by atoms with Gasteiger partial charge in [0.2, 0.25) is 0 Å². The van der Waals surface area contributed by atoms with Crippen LogP contribution in [-0.4, -0.2) is 22.1 Å². The first-order valence-corrected chi connectivity index (χ1v) is 7.71. The van der Waals surface area contributed by atoms with Crippen LogP contribution in [0.15, 0.2) is 35.8 Å². The van der Waals surface area contributed by atoms with Crippen LogP contribution in [0.25, 0.3) is 11.6 Å². The van der Waals surface area contributed by atoms with Gasteiger partial charge in [0.25, 0.3) is 5.56 Å². The number of thiazole rings is 1. The number of carbonyl (C=O) groups excluding carboxylic acids is 1. The van der Waals surface area contributed by atoms with E-state index in [0.717, 1.165) is 17.0 Å². The summed E-state index contributed by atoms with van der Waals surface area (Å²) in [4.78, 5) is 27.4. The van der Waals surface area contributed by atoms with Crippen LogP contribution in [0, 0.1) is 11.3 Å². The summed E-state index contributed by atoms with van der Waals surface area (Å²) >= 11 is 1.09. The molecule has 0 aliphatic heterocycles. The van der Waals surface area contributed by atoms with Crippen LogP contribution in [0.2, 0.25) is 0 Å². The first kappa shape index (κ1) is 16.5. The van der Waals surface area contributed by atoms with E-state index in [-0.39, 0.29) is 17.7 Å². The van der Waals surface area contributed by atoms with Gasteiger partial charge in [-0.2, -0.15) is 5.26 Å². The molecule has 0 spiro atoms. The Hall–Kier alpha value is -2.85. The lowest BCUT2D eigenvalue weighted by Gasteiger charge is -2.00. The first-order chi connectivity index (χ1) is 11.1. The number of nitrogens with one attached hydrogen (secondary N) is 1. The fraction of sp³-hybridized carbons (Fsp3) is 0.188. The molecule has 0 bridgehead atoms. The number of ether oxygens (including phenoxy) is 1. The molecule has 7 heteroatoms. The molecule has 118 valence electrons. The molecule has 1 N–H and O–H groups in total. The van der Waals surface area contributed by atoms with Crippen molar-refractivity contribution >= 4 is 29.0 Å². The highest BCUT2D eigenvalue weighted by Gasteiger charge is 2.16. The molecule has 6 nitrogen and oxygen atoms in total. The van der Waals surface area contributed by atoms with Gasteiger partial charge in [0.15, 0.2) is 5.57 Å². The van der Waals surface area contributed by atoms with Crippen LogP contribution in [0.1, 0.15) is 12.6 Å². The summed E-state index contributed by atoms with van der Waals surface area (Å²) in [5.74, 6) is -0.762. The Bertz CT molecular complexity index is 927. The summed E-state index contributed by atoms with van der Waals surface area (Å²) in [6.45, 7) is 5.59. The van der Waals surface area contributed by atoms with E-state index >= 15 is 0 Å². The van der Waals surface area contributed by atoms with E-state index < -0.39 is 5.97 Å². The van der Waals surface area contributed by atoms with E-state index in [4.69, 9.17) is 4.74 Å². The van der Waals surface area contributed by atoms with Crippen molar-refractivity contribution in [2.75, 3.05) is 6.61 Å². The van der Waals surface area contributed by atoms with Crippen LogP contribution in [0.3, 0.4) is 0 Å². The Kier molecular flexibility index (Phi) is 5.33. The summed E-state index contributed by atoms with van der Waals surface area (Å²) in [5, 5.41) is 9.29. The van der Waals surface area contributed by atoms with Crippen molar-refractivity contribution in [1.29, 1.82) is 5.26 Å². The lowest BCUT2D eigenvalue weighted by molar-refractivity contribution is -0.135. The van der Waals surface area contributed by atoms with Crippen molar-refractivity contribution in [3.05, 3.63) is 56.2 Å². The number of esters is 1. The van der Waals surface area contributed by atoms with Gasteiger partial charge in [0.1, 0.15) is 17.3 Å². The average molecular weight is 329 g/mol. The average Bonchev–Trinajstić information content (AvgIpc) is 3.15. The number of aromatic amines is 1. The second-order valence-electron chi connectivity index (χ2n) is 4.46. The molecule has 2 heterocycles. The van der Waals surface area contributed by atoms with Gasteiger partial charge >= 0.3 is 5.97 Å². The van der Waals surface area contributed by atoms with Gasteiger partial charge < -0.3 is 9.72 Å². The summed E-state index contributed by atoms with van der Waals surface area (Å²) in [5.41, 5.74) is 0.346. The Morgan fingerprint density at radius 3 is 2.96 bits per heavy atom. The van der Waals surface area contributed by atoms with Crippen molar-refractivity contribution in [2.24, 2.45) is 0 Å². The topological polar surface area (TPSA) is 87.9 Å². The maximum Gasteiger partial charge on any atom is 0.352 e. The zero-order chi connectivity index (χ0) is 16.8. The molecule has 0 radical (unpaired) electrons. The van der Waals surface area contributed by atoms with Gasteiger partial charge in [-0.1, -0.05) is 12.7 Å². The Balaban J connectivity index is 2.69. The molecule has 0 saturated heterocycles. The van der Waals surface area contributed by atoms with Crippen LogP contribution in [0.4, 0.5) is 0 Å². The molecule has 0 atom stereocenters. The van der Waals surface area contributed by atoms with Crippen molar-refractivity contribution in [3.8, 4) is 6.07 Å². The van der Waals surface area contributed by atoms with Crippen molar-refractivity contribution in [1.82, 2.24) is 9.55 Å². The number of nitrogens with zero attached hydrogens (tertiary/aromatic N) is 2. The van der Waals surface area contributed by atoms with Crippen molar-refractivity contribution in [2.45, 2.75) is 13.5 Å². The predicted molar refractivity (Wildman–Crippen MR) is 88.0 cm³/mol. The number of hydrogen-bond donors (Lipinski definition) is 1. The second kappa shape index (κ2) is 7.42. The maximum absolute atomic E-state index is 12.4. The predicted octanol–water partition coefficient (Wildman–Crippen LogP) is 0.490. The summed E-state index contributed by atoms with van der Waals surface area (Å²) in [7, 11) is 0. The zero-order valence-electron chi connectivity index (χ0n) is 12.5. The number of rotatable bonds is 5. The molecular weight excluding hydrogens is 314 g/mol. The van der Waals surface area contributed by atoms with Gasteiger partial charge in [0.05, 0.1) is 4.53 Å². The normalized spacial score (nSPS) is 12.6. The van der Waals surface area contributed by atoms with E-state index in [1.54, 1.807) is 19.2 Å². The van der Waals surface area contributed by atoms with Crippen LogP contribution in [0.5, 0.6) is 0 Å². The summed E-state index contributed by atoms with van der Waals surface area (Å²) < 4.78 is 7.04. The fourth-order valence-electron chi connectivity index (χ4n) is 1.96. The standard InChI is InChI=1S/C16H15N3O3S/c1-3-8-22-16(21)12(10-17)15-19(4-2)14(20)13(23-15)9-11-6-5-7-18-11/h3,5-7,9,18H,1,4,8H2,2H3/b13-9+,15-12-. The van der Waals surface area contributed by atoms with Gasteiger partial charge in [-0.25, -0.2) is 4.79 Å². The quantitative estimate of drug-likeness (QED) is 0.639. The molecule has 0 saturated carbocycles. The minimum atomic E-state index is -0.762. The molecular formula is C16H15N3O3S. The summed E-state index contributed by atoms with van der Waals surface area (Å²) in [6.07, 6.45) is 4.85. The van der Waals surface area contributed by atoms with E-state index in [0.29, 0.717) is 15.7 Å². The number of aromatic nitrogens is 2. The minimum absolute atomic E-state index is 0.00715. The number of hydrogen-bond acceptors (Lipinski definition) is 5. The first-order valence-electron chi connectivity index (χ1n) is 6.89. The molecule has 2 rings (SSSR count). The minimum Gasteiger partial charge on any atom is -0.457 e. The maximum atomic E-state index is 12.4. The molecule has 23 heavy (non-hydrogen) atoms. The van der Waals surface area contributed by atoms with Crippen molar-refractivity contribution in [3.63, 3.8) is 0 Å². The Morgan fingerprint density at radius 1 is 1.61 bits per heavy atom. The zero-order valence-corrected chi connectivity index (χ0v) is 13.4. The van der Waals surface area contributed by atoms with Gasteiger partial charge in [-0.05, 0) is 25.1 Å².